The monoisotopic (exact) mass is 346 g/mol. The number of ether oxygens (including phenoxy) is 2. The summed E-state index contributed by atoms with van der Waals surface area (Å²) in [6.45, 7) is 0. The molecule has 1 aromatic carbocycles. The van der Waals surface area contributed by atoms with Crippen LogP contribution in [0.25, 0.3) is 0 Å². The van der Waals surface area contributed by atoms with Gasteiger partial charge in [0.25, 0.3) is 0 Å². The van der Waals surface area contributed by atoms with Crippen molar-refractivity contribution in [2.24, 2.45) is 5.92 Å². The van der Waals surface area contributed by atoms with Crippen molar-refractivity contribution in [3.8, 4) is 11.5 Å². The molecule has 2 rings (SSSR count). The lowest BCUT2D eigenvalue weighted by Crippen LogP contribution is -2.12. The predicted octanol–water partition coefficient (Wildman–Crippen LogP) is 3.57. The van der Waals surface area contributed by atoms with Crippen molar-refractivity contribution < 1.29 is 23.8 Å². The first-order valence-corrected chi connectivity index (χ1v) is 7.10. The predicted molar refractivity (Wildman–Crippen MR) is 74.9 cm³/mol. The smallest absolute Gasteiger partial charge is 0.303 e. The first-order valence-electron chi connectivity index (χ1n) is 6.31. The zero-order chi connectivity index (χ0) is 14.9. The highest BCUT2D eigenvalue weighted by Gasteiger charge is 2.38. The molecule has 0 amide bonds. The molecule has 0 aliphatic heterocycles. The van der Waals surface area contributed by atoms with Gasteiger partial charge in [0.15, 0.2) is 11.5 Å². The normalized spacial score (nSPS) is 15.8. The van der Waals surface area contributed by atoms with Gasteiger partial charge in [-0.25, -0.2) is 4.39 Å². The van der Waals surface area contributed by atoms with Gasteiger partial charge in [-0.2, -0.15) is 0 Å². The Kier molecular flexibility index (Phi) is 4.52. The van der Waals surface area contributed by atoms with Crippen LogP contribution in [0.2, 0.25) is 0 Å². The number of carboxylic acid groups (broad SMARTS) is 1. The molecule has 6 heteroatoms. The third-order valence-corrected chi connectivity index (χ3v) is 4.36. The SMILES string of the molecule is COc1cc(F)c(Br)c(C(CC(=O)O)C2CC2)c1OC. The van der Waals surface area contributed by atoms with Crippen LogP contribution >= 0.6 is 15.9 Å². The van der Waals surface area contributed by atoms with Gasteiger partial charge in [0.2, 0.25) is 0 Å². The van der Waals surface area contributed by atoms with Crippen molar-refractivity contribution in [3.05, 3.63) is 21.9 Å². The Morgan fingerprint density at radius 2 is 2.15 bits per heavy atom. The van der Waals surface area contributed by atoms with Crippen LogP contribution in [0, 0.1) is 11.7 Å². The fourth-order valence-electron chi connectivity index (χ4n) is 2.49. The van der Waals surface area contributed by atoms with Crippen molar-refractivity contribution in [2.45, 2.75) is 25.2 Å². The van der Waals surface area contributed by atoms with E-state index in [9.17, 15) is 9.18 Å². The minimum Gasteiger partial charge on any atom is -0.493 e. The van der Waals surface area contributed by atoms with Crippen molar-refractivity contribution in [3.63, 3.8) is 0 Å². The fraction of sp³-hybridized carbons (Fsp3) is 0.500. The van der Waals surface area contributed by atoms with Crippen LogP contribution in [0.5, 0.6) is 11.5 Å². The third kappa shape index (κ3) is 2.90. The average molecular weight is 347 g/mol. The van der Waals surface area contributed by atoms with Gasteiger partial charge >= 0.3 is 5.97 Å². The molecule has 20 heavy (non-hydrogen) atoms. The standard InChI is InChI=1S/C14H16BrFO4/c1-19-10-6-9(16)13(15)12(14(10)20-2)8(5-11(17)18)7-3-4-7/h6-8H,3-5H2,1-2H3,(H,17,18). The summed E-state index contributed by atoms with van der Waals surface area (Å²) in [5.74, 6) is -0.727. The zero-order valence-electron chi connectivity index (χ0n) is 11.3. The van der Waals surface area contributed by atoms with E-state index in [0.717, 1.165) is 12.8 Å². The number of carboxylic acids is 1. The van der Waals surface area contributed by atoms with Crippen LogP contribution in [0.3, 0.4) is 0 Å². The first kappa shape index (κ1) is 15.1. The lowest BCUT2D eigenvalue weighted by Gasteiger charge is -2.21. The molecule has 1 atom stereocenters. The second-order valence-electron chi connectivity index (χ2n) is 4.86. The van der Waals surface area contributed by atoms with Crippen molar-refractivity contribution >= 4 is 21.9 Å². The largest absolute Gasteiger partial charge is 0.493 e. The Bertz CT molecular complexity index is 528. The molecule has 1 aliphatic rings. The summed E-state index contributed by atoms with van der Waals surface area (Å²) in [5, 5.41) is 9.09. The highest BCUT2D eigenvalue weighted by atomic mass is 79.9. The molecule has 0 radical (unpaired) electrons. The fourth-order valence-corrected chi connectivity index (χ4v) is 3.08. The highest BCUT2D eigenvalue weighted by Crippen LogP contribution is 2.51. The molecule has 1 unspecified atom stereocenters. The molecule has 1 N–H and O–H groups in total. The summed E-state index contributed by atoms with van der Waals surface area (Å²) in [5.41, 5.74) is 0.550. The van der Waals surface area contributed by atoms with Crippen LogP contribution in [0.15, 0.2) is 10.5 Å². The Morgan fingerprint density at radius 3 is 2.60 bits per heavy atom. The molecule has 4 nitrogen and oxygen atoms in total. The molecule has 0 aromatic heterocycles. The number of benzene rings is 1. The summed E-state index contributed by atoms with van der Waals surface area (Å²) in [7, 11) is 2.90. The third-order valence-electron chi connectivity index (χ3n) is 3.55. The summed E-state index contributed by atoms with van der Waals surface area (Å²) in [6, 6.07) is 1.23. The van der Waals surface area contributed by atoms with Gasteiger partial charge in [0.1, 0.15) is 5.82 Å². The van der Waals surface area contributed by atoms with E-state index in [1.165, 1.54) is 20.3 Å². The van der Waals surface area contributed by atoms with E-state index in [1.54, 1.807) is 0 Å². The number of halogens is 2. The number of hydrogen-bond donors (Lipinski definition) is 1. The molecular formula is C14H16BrFO4. The molecule has 0 saturated heterocycles. The van der Waals surface area contributed by atoms with Crippen LogP contribution in [-0.2, 0) is 4.79 Å². The summed E-state index contributed by atoms with van der Waals surface area (Å²) in [4.78, 5) is 11.1. The van der Waals surface area contributed by atoms with E-state index in [-0.39, 0.29) is 28.5 Å². The Hall–Kier alpha value is -1.30. The maximum absolute atomic E-state index is 14.0. The van der Waals surface area contributed by atoms with E-state index < -0.39 is 11.8 Å². The molecule has 0 heterocycles. The van der Waals surface area contributed by atoms with Gasteiger partial charge in [-0.1, -0.05) is 0 Å². The van der Waals surface area contributed by atoms with Gasteiger partial charge in [-0.05, 0) is 34.7 Å². The quantitative estimate of drug-likeness (QED) is 0.855. The van der Waals surface area contributed by atoms with E-state index in [1.807, 2.05) is 0 Å². The molecule has 1 saturated carbocycles. The van der Waals surface area contributed by atoms with E-state index >= 15 is 0 Å². The van der Waals surface area contributed by atoms with E-state index in [0.29, 0.717) is 11.3 Å². The van der Waals surface area contributed by atoms with Gasteiger partial charge in [0, 0.05) is 17.5 Å². The van der Waals surface area contributed by atoms with Crippen molar-refractivity contribution in [1.29, 1.82) is 0 Å². The number of aliphatic carboxylic acids is 1. The molecular weight excluding hydrogens is 331 g/mol. The Balaban J connectivity index is 2.56. The van der Waals surface area contributed by atoms with Gasteiger partial charge in [-0.15, -0.1) is 0 Å². The second-order valence-corrected chi connectivity index (χ2v) is 5.66. The van der Waals surface area contributed by atoms with Gasteiger partial charge in [0.05, 0.1) is 25.1 Å². The van der Waals surface area contributed by atoms with Crippen molar-refractivity contribution in [2.75, 3.05) is 14.2 Å². The minimum absolute atomic E-state index is 0.0494. The minimum atomic E-state index is -0.904. The van der Waals surface area contributed by atoms with Gasteiger partial charge in [-0.3, -0.25) is 4.79 Å². The summed E-state index contributed by atoms with van der Waals surface area (Å²) in [6.07, 6.45) is 1.85. The van der Waals surface area contributed by atoms with E-state index in [4.69, 9.17) is 14.6 Å². The Labute approximate surface area is 125 Å². The topological polar surface area (TPSA) is 55.8 Å². The van der Waals surface area contributed by atoms with E-state index in [2.05, 4.69) is 15.9 Å². The number of rotatable bonds is 6. The summed E-state index contributed by atoms with van der Waals surface area (Å²) < 4.78 is 24.7. The summed E-state index contributed by atoms with van der Waals surface area (Å²) >= 11 is 3.22. The molecule has 110 valence electrons. The molecule has 1 aromatic rings. The zero-order valence-corrected chi connectivity index (χ0v) is 12.9. The molecule has 0 bridgehead atoms. The molecule has 1 aliphatic carbocycles. The van der Waals surface area contributed by atoms with Gasteiger partial charge < -0.3 is 14.6 Å². The van der Waals surface area contributed by atoms with Crippen LogP contribution < -0.4 is 9.47 Å². The van der Waals surface area contributed by atoms with Crippen LogP contribution in [0.1, 0.15) is 30.7 Å². The average Bonchev–Trinajstić information content (AvgIpc) is 3.22. The van der Waals surface area contributed by atoms with Crippen molar-refractivity contribution in [1.82, 2.24) is 0 Å². The maximum Gasteiger partial charge on any atom is 0.303 e. The second kappa shape index (κ2) is 5.99. The van der Waals surface area contributed by atoms with Crippen LogP contribution in [-0.4, -0.2) is 25.3 Å². The maximum atomic E-state index is 14.0. The molecule has 1 fully saturated rings. The Morgan fingerprint density at radius 1 is 1.50 bits per heavy atom. The number of hydrogen-bond acceptors (Lipinski definition) is 3. The first-order chi connectivity index (χ1) is 9.49. The number of methoxy groups -OCH3 is 2. The lowest BCUT2D eigenvalue weighted by molar-refractivity contribution is -0.137. The number of carbonyl (C=O) groups is 1. The highest BCUT2D eigenvalue weighted by molar-refractivity contribution is 9.10. The molecule has 0 spiro atoms. The lowest BCUT2D eigenvalue weighted by atomic mass is 9.90. The van der Waals surface area contributed by atoms with Crippen LogP contribution in [0.4, 0.5) is 4.39 Å².